The Morgan fingerprint density at radius 2 is 1.64 bits per heavy atom. The van der Waals surface area contributed by atoms with Crippen molar-refractivity contribution in [3.05, 3.63) is 114 Å². The lowest BCUT2D eigenvalue weighted by molar-refractivity contribution is -0.132. The van der Waals surface area contributed by atoms with E-state index < -0.39 is 6.04 Å². The molecule has 0 radical (unpaired) electrons. The van der Waals surface area contributed by atoms with E-state index in [1.165, 1.54) is 12.1 Å². The number of likely N-dealkylation sites (N-methyl/N-ethyl adjacent to an activating group) is 1. The number of aryl methyl sites for hydroxylation is 1. The Morgan fingerprint density at radius 3 is 2.33 bits per heavy atom. The summed E-state index contributed by atoms with van der Waals surface area (Å²) in [4.78, 5) is 27.8. The zero-order chi connectivity index (χ0) is 25.3. The summed E-state index contributed by atoms with van der Waals surface area (Å²) in [6.07, 6.45) is 1.83. The maximum absolute atomic E-state index is 13.3. The van der Waals surface area contributed by atoms with Crippen molar-refractivity contribution in [2.45, 2.75) is 25.3 Å². The molecule has 4 rings (SSSR count). The van der Waals surface area contributed by atoms with E-state index in [-0.39, 0.29) is 17.6 Å². The van der Waals surface area contributed by atoms with Gasteiger partial charge in [-0.15, -0.1) is 0 Å². The van der Waals surface area contributed by atoms with Gasteiger partial charge in [0, 0.05) is 36.8 Å². The lowest BCUT2D eigenvalue weighted by atomic mass is 10.0. The molecule has 0 aliphatic rings. The van der Waals surface area contributed by atoms with Gasteiger partial charge in [0.25, 0.3) is 5.91 Å². The summed E-state index contributed by atoms with van der Waals surface area (Å²) in [5.41, 5.74) is 4.02. The number of carbonyl (C=O) groups is 2. The fourth-order valence-corrected chi connectivity index (χ4v) is 4.02. The van der Waals surface area contributed by atoms with Crippen LogP contribution in [0.1, 0.15) is 28.0 Å². The van der Waals surface area contributed by atoms with Crippen LogP contribution in [0.3, 0.4) is 0 Å². The van der Waals surface area contributed by atoms with E-state index in [2.05, 4.69) is 15.5 Å². The molecule has 184 valence electrons. The van der Waals surface area contributed by atoms with Gasteiger partial charge < -0.3 is 10.2 Å². The maximum atomic E-state index is 13.3. The number of halogens is 1. The van der Waals surface area contributed by atoms with Crippen molar-refractivity contribution in [2.75, 3.05) is 13.6 Å². The quantitative estimate of drug-likeness (QED) is 0.344. The molecule has 3 aromatic carbocycles. The number of aromatic amines is 1. The first-order valence-electron chi connectivity index (χ1n) is 11.9. The number of hydrogen-bond acceptors (Lipinski definition) is 3. The molecule has 0 aliphatic carbocycles. The van der Waals surface area contributed by atoms with Gasteiger partial charge in [0.2, 0.25) is 5.91 Å². The van der Waals surface area contributed by atoms with Crippen LogP contribution in [0.4, 0.5) is 4.39 Å². The molecule has 0 bridgehead atoms. The molecular formula is C29H29FN4O2. The standard InChI is InChI=1S/C29H29FN4O2/c1-34(18-8-13-25-20-26(33-32-25)22-14-16-24(30)17-15-22)29(36)27(19-21-9-4-2-5-10-21)31-28(35)23-11-6-3-7-12-23/h2-7,9-12,14-17,20,27H,8,13,18-19H2,1H3,(H,31,35)(H,32,33). The van der Waals surface area contributed by atoms with Gasteiger partial charge in [-0.25, -0.2) is 4.39 Å². The van der Waals surface area contributed by atoms with Crippen molar-refractivity contribution in [3.8, 4) is 11.3 Å². The van der Waals surface area contributed by atoms with E-state index >= 15 is 0 Å². The van der Waals surface area contributed by atoms with Crippen LogP contribution in [0.25, 0.3) is 11.3 Å². The molecule has 4 aromatic rings. The smallest absolute Gasteiger partial charge is 0.251 e. The van der Waals surface area contributed by atoms with Crippen LogP contribution >= 0.6 is 0 Å². The van der Waals surface area contributed by atoms with E-state index in [1.807, 2.05) is 42.5 Å². The number of carbonyl (C=O) groups excluding carboxylic acids is 2. The zero-order valence-electron chi connectivity index (χ0n) is 20.2. The SMILES string of the molecule is CN(CCCc1cc(-c2ccc(F)cc2)n[nH]1)C(=O)C(Cc1ccccc1)NC(=O)c1ccccc1. The third-order valence-corrected chi connectivity index (χ3v) is 6.01. The number of amides is 2. The summed E-state index contributed by atoms with van der Waals surface area (Å²) in [5.74, 6) is -0.698. The summed E-state index contributed by atoms with van der Waals surface area (Å²) in [5, 5.41) is 10.3. The minimum Gasteiger partial charge on any atom is -0.344 e. The van der Waals surface area contributed by atoms with Gasteiger partial charge in [-0.3, -0.25) is 14.7 Å². The first kappa shape index (κ1) is 24.9. The number of rotatable bonds is 10. The number of benzene rings is 3. The molecule has 6 nitrogen and oxygen atoms in total. The van der Waals surface area contributed by atoms with Gasteiger partial charge in [-0.2, -0.15) is 5.10 Å². The van der Waals surface area contributed by atoms with Crippen molar-refractivity contribution in [1.29, 1.82) is 0 Å². The highest BCUT2D eigenvalue weighted by atomic mass is 19.1. The lowest BCUT2D eigenvalue weighted by Gasteiger charge is -2.25. The molecule has 1 unspecified atom stereocenters. The lowest BCUT2D eigenvalue weighted by Crippen LogP contribution is -2.48. The first-order chi connectivity index (χ1) is 17.5. The number of nitrogens with zero attached hydrogens (tertiary/aromatic N) is 2. The number of hydrogen-bond donors (Lipinski definition) is 2. The fourth-order valence-electron chi connectivity index (χ4n) is 4.02. The van der Waals surface area contributed by atoms with Crippen LogP contribution < -0.4 is 5.32 Å². The van der Waals surface area contributed by atoms with Gasteiger partial charge in [0.1, 0.15) is 11.9 Å². The van der Waals surface area contributed by atoms with Crippen LogP contribution in [0.2, 0.25) is 0 Å². The predicted molar refractivity (Wildman–Crippen MR) is 138 cm³/mol. The van der Waals surface area contributed by atoms with E-state index in [1.54, 1.807) is 48.3 Å². The molecule has 1 heterocycles. The molecular weight excluding hydrogens is 455 g/mol. The molecule has 7 heteroatoms. The maximum Gasteiger partial charge on any atom is 0.251 e. The highest BCUT2D eigenvalue weighted by Gasteiger charge is 2.24. The van der Waals surface area contributed by atoms with Crippen molar-refractivity contribution in [3.63, 3.8) is 0 Å². The topological polar surface area (TPSA) is 78.1 Å². The summed E-state index contributed by atoms with van der Waals surface area (Å²) < 4.78 is 13.2. The molecule has 2 N–H and O–H groups in total. The molecule has 0 spiro atoms. The third-order valence-electron chi connectivity index (χ3n) is 6.01. The molecule has 0 aliphatic heterocycles. The number of aromatic nitrogens is 2. The van der Waals surface area contributed by atoms with Gasteiger partial charge in [0.05, 0.1) is 5.69 Å². The molecule has 1 atom stereocenters. The number of nitrogens with one attached hydrogen (secondary N) is 2. The Hall–Kier alpha value is -4.26. The van der Waals surface area contributed by atoms with E-state index in [0.29, 0.717) is 24.9 Å². The second-order valence-corrected chi connectivity index (χ2v) is 8.73. The van der Waals surface area contributed by atoms with Crippen LogP contribution in [0.5, 0.6) is 0 Å². The Bertz CT molecular complexity index is 1270. The van der Waals surface area contributed by atoms with Crippen molar-refractivity contribution >= 4 is 11.8 Å². The predicted octanol–water partition coefficient (Wildman–Crippen LogP) is 4.65. The minimum atomic E-state index is -0.678. The van der Waals surface area contributed by atoms with Crippen LogP contribution in [0.15, 0.2) is 91.0 Å². The molecule has 0 saturated heterocycles. The largest absolute Gasteiger partial charge is 0.344 e. The summed E-state index contributed by atoms with van der Waals surface area (Å²) in [6, 6.07) is 26.0. The summed E-state index contributed by atoms with van der Waals surface area (Å²) in [7, 11) is 1.76. The average Bonchev–Trinajstić information content (AvgIpc) is 3.38. The average molecular weight is 485 g/mol. The molecule has 0 fully saturated rings. The van der Waals surface area contributed by atoms with E-state index in [4.69, 9.17) is 0 Å². The summed E-state index contributed by atoms with van der Waals surface area (Å²) in [6.45, 7) is 0.524. The highest BCUT2D eigenvalue weighted by molar-refractivity contribution is 5.97. The van der Waals surface area contributed by atoms with Crippen molar-refractivity contribution in [2.24, 2.45) is 0 Å². The summed E-state index contributed by atoms with van der Waals surface area (Å²) >= 11 is 0. The minimum absolute atomic E-state index is 0.139. The highest BCUT2D eigenvalue weighted by Crippen LogP contribution is 2.18. The van der Waals surface area contributed by atoms with Gasteiger partial charge >= 0.3 is 0 Å². The van der Waals surface area contributed by atoms with Crippen LogP contribution in [-0.4, -0.2) is 46.5 Å². The van der Waals surface area contributed by atoms with E-state index in [9.17, 15) is 14.0 Å². The molecule has 0 saturated carbocycles. The number of H-pyrrole nitrogens is 1. The third kappa shape index (κ3) is 6.66. The monoisotopic (exact) mass is 484 g/mol. The van der Waals surface area contributed by atoms with Crippen molar-refractivity contribution < 1.29 is 14.0 Å². The Balaban J connectivity index is 1.36. The normalized spacial score (nSPS) is 11.6. The van der Waals surface area contributed by atoms with Gasteiger partial charge in [-0.1, -0.05) is 48.5 Å². The Labute approximate surface area is 210 Å². The fraction of sp³-hybridized carbons (Fsp3) is 0.207. The second-order valence-electron chi connectivity index (χ2n) is 8.73. The zero-order valence-corrected chi connectivity index (χ0v) is 20.2. The Morgan fingerprint density at radius 1 is 0.972 bits per heavy atom. The van der Waals surface area contributed by atoms with Crippen LogP contribution in [-0.2, 0) is 17.6 Å². The molecule has 2 amide bonds. The molecule has 1 aromatic heterocycles. The van der Waals surface area contributed by atoms with Gasteiger partial charge in [0.15, 0.2) is 0 Å². The first-order valence-corrected chi connectivity index (χ1v) is 11.9. The van der Waals surface area contributed by atoms with E-state index in [0.717, 1.165) is 28.9 Å². The van der Waals surface area contributed by atoms with Crippen molar-refractivity contribution in [1.82, 2.24) is 20.4 Å². The van der Waals surface area contributed by atoms with Crippen LogP contribution in [0, 0.1) is 5.82 Å². The van der Waals surface area contributed by atoms with Gasteiger partial charge in [-0.05, 0) is 60.9 Å². The molecule has 36 heavy (non-hydrogen) atoms. The second kappa shape index (κ2) is 11.9. The Kier molecular flexibility index (Phi) is 8.24.